The van der Waals surface area contributed by atoms with Crippen LogP contribution in [0.3, 0.4) is 0 Å². The molecule has 0 fully saturated rings. The number of imidazole rings is 1. The van der Waals surface area contributed by atoms with Crippen LogP contribution in [-0.2, 0) is 6.54 Å². The fourth-order valence-electron chi connectivity index (χ4n) is 3.79. The van der Waals surface area contributed by atoms with Gasteiger partial charge in [0, 0.05) is 17.3 Å². The fourth-order valence-corrected chi connectivity index (χ4v) is 3.79. The highest BCUT2D eigenvalue weighted by Crippen LogP contribution is 2.35. The van der Waals surface area contributed by atoms with Crippen LogP contribution < -0.4 is 10.1 Å². The monoisotopic (exact) mass is 469 g/mol. The molecule has 0 saturated carbocycles. The van der Waals surface area contributed by atoms with Gasteiger partial charge >= 0.3 is 0 Å². The molecule has 0 atom stereocenters. The lowest BCUT2D eigenvalue weighted by atomic mass is 10.0. The average Bonchev–Trinajstić information content (AvgIpc) is 3.50. The summed E-state index contributed by atoms with van der Waals surface area (Å²) in [6.07, 6.45) is 4.07. The summed E-state index contributed by atoms with van der Waals surface area (Å²) in [5.74, 6) is 1.11. The molecule has 2 aromatic carbocycles. The van der Waals surface area contributed by atoms with E-state index in [4.69, 9.17) is 4.74 Å². The van der Waals surface area contributed by atoms with Gasteiger partial charge in [-0.15, -0.1) is 5.10 Å². The number of nitrogens with one attached hydrogen (secondary N) is 2. The number of benzene rings is 2. The number of aryl methyl sites for hydroxylation is 1. The standard InChI is InChI=1S/C25H23N7O3/c1-3-11-32-27-14-22(31-32)30-24(34)16-6-8-19-20(13-16)29-23(28-19)18-12-15(7-9-21(18)33)17-5-4-10-26-25(17)35-2/h4-10,12-14,33H,3,11H2,1-2H3,(H,28,29)(H,30,31,34). The number of aromatic hydroxyl groups is 1. The highest BCUT2D eigenvalue weighted by Gasteiger charge is 2.15. The van der Waals surface area contributed by atoms with Gasteiger partial charge < -0.3 is 20.1 Å². The molecule has 176 valence electrons. The van der Waals surface area contributed by atoms with Crippen molar-refractivity contribution >= 4 is 22.8 Å². The molecule has 10 heteroatoms. The van der Waals surface area contributed by atoms with E-state index in [9.17, 15) is 9.90 Å². The fraction of sp³-hybridized carbons (Fsp3) is 0.160. The van der Waals surface area contributed by atoms with Crippen LogP contribution in [0, 0.1) is 0 Å². The Hall–Kier alpha value is -4.73. The van der Waals surface area contributed by atoms with Gasteiger partial charge in [0.05, 0.1) is 36.4 Å². The molecule has 3 N–H and O–H groups in total. The van der Waals surface area contributed by atoms with E-state index in [1.54, 1.807) is 48.4 Å². The van der Waals surface area contributed by atoms with Crippen LogP contribution >= 0.6 is 0 Å². The van der Waals surface area contributed by atoms with Gasteiger partial charge in [-0.2, -0.15) is 9.90 Å². The van der Waals surface area contributed by atoms with Crippen molar-refractivity contribution in [3.05, 3.63) is 66.5 Å². The van der Waals surface area contributed by atoms with Crippen LogP contribution in [0.25, 0.3) is 33.5 Å². The largest absolute Gasteiger partial charge is 0.507 e. The van der Waals surface area contributed by atoms with E-state index < -0.39 is 0 Å². The molecule has 35 heavy (non-hydrogen) atoms. The lowest BCUT2D eigenvalue weighted by Crippen LogP contribution is -2.12. The average molecular weight is 470 g/mol. The van der Waals surface area contributed by atoms with Crippen molar-refractivity contribution in [1.82, 2.24) is 29.9 Å². The van der Waals surface area contributed by atoms with E-state index in [0.717, 1.165) is 23.1 Å². The van der Waals surface area contributed by atoms with Crippen LogP contribution in [0.15, 0.2) is 60.9 Å². The van der Waals surface area contributed by atoms with E-state index in [-0.39, 0.29) is 11.7 Å². The third-order valence-corrected chi connectivity index (χ3v) is 5.47. The Balaban J connectivity index is 1.44. The number of rotatable bonds is 7. The van der Waals surface area contributed by atoms with E-state index in [0.29, 0.717) is 40.7 Å². The predicted molar refractivity (Wildman–Crippen MR) is 131 cm³/mol. The molecule has 5 aromatic rings. The molecule has 5 rings (SSSR count). The molecule has 3 heterocycles. The van der Waals surface area contributed by atoms with Gasteiger partial charge in [-0.1, -0.05) is 13.0 Å². The van der Waals surface area contributed by atoms with Crippen LogP contribution in [-0.4, -0.2) is 48.1 Å². The molecular weight excluding hydrogens is 446 g/mol. The number of phenolic OH excluding ortho intramolecular Hbond substituents is 1. The minimum absolute atomic E-state index is 0.0730. The molecular formula is C25H23N7O3. The number of anilines is 1. The van der Waals surface area contributed by atoms with Crippen molar-refractivity contribution < 1.29 is 14.6 Å². The molecule has 0 aliphatic carbocycles. The number of nitrogens with zero attached hydrogens (tertiary/aromatic N) is 5. The number of phenols is 1. The Morgan fingerprint density at radius 2 is 2.06 bits per heavy atom. The van der Waals surface area contributed by atoms with Crippen molar-refractivity contribution in [3.8, 4) is 34.1 Å². The first-order chi connectivity index (χ1) is 17.1. The second-order valence-electron chi connectivity index (χ2n) is 7.89. The van der Waals surface area contributed by atoms with Gasteiger partial charge in [-0.05, 0) is 54.4 Å². The summed E-state index contributed by atoms with van der Waals surface area (Å²) in [7, 11) is 1.56. The second kappa shape index (κ2) is 9.26. The molecule has 0 unspecified atom stereocenters. The number of ether oxygens (including phenoxy) is 1. The summed E-state index contributed by atoms with van der Waals surface area (Å²) in [5, 5.41) is 21.7. The molecule has 0 radical (unpaired) electrons. The first-order valence-corrected chi connectivity index (χ1v) is 11.1. The number of hydrogen-bond donors (Lipinski definition) is 3. The lowest BCUT2D eigenvalue weighted by Gasteiger charge is -2.09. The Bertz CT molecular complexity index is 1520. The van der Waals surface area contributed by atoms with Crippen molar-refractivity contribution in [2.24, 2.45) is 0 Å². The number of pyridine rings is 1. The van der Waals surface area contributed by atoms with E-state index in [1.165, 1.54) is 6.20 Å². The summed E-state index contributed by atoms with van der Waals surface area (Å²) in [5.41, 5.74) is 3.88. The zero-order valence-electron chi connectivity index (χ0n) is 19.2. The molecule has 0 aliphatic heterocycles. The Labute approximate surface area is 200 Å². The second-order valence-corrected chi connectivity index (χ2v) is 7.89. The third-order valence-electron chi connectivity index (χ3n) is 5.47. The predicted octanol–water partition coefficient (Wildman–Crippen LogP) is 4.26. The van der Waals surface area contributed by atoms with E-state index in [2.05, 4.69) is 30.5 Å². The summed E-state index contributed by atoms with van der Waals surface area (Å²) < 4.78 is 5.37. The third kappa shape index (κ3) is 4.41. The lowest BCUT2D eigenvalue weighted by molar-refractivity contribution is 0.102. The number of aromatic nitrogens is 6. The number of fused-ring (bicyclic) bond motifs is 1. The number of H-pyrrole nitrogens is 1. The van der Waals surface area contributed by atoms with E-state index in [1.807, 2.05) is 25.1 Å². The van der Waals surface area contributed by atoms with Crippen LogP contribution in [0.2, 0.25) is 0 Å². The SMILES string of the molecule is CCCn1ncc(NC(=O)c2ccc3[nH]c(-c4cc(-c5cccnc5OC)ccc4O)nc3c2)n1. The molecule has 0 spiro atoms. The minimum Gasteiger partial charge on any atom is -0.507 e. The summed E-state index contributed by atoms with van der Waals surface area (Å²) in [4.78, 5) is 26.4. The number of aromatic amines is 1. The Kier molecular flexibility index (Phi) is 5.84. The highest BCUT2D eigenvalue weighted by molar-refractivity contribution is 6.05. The molecule has 0 saturated heterocycles. The maximum atomic E-state index is 12.7. The zero-order chi connectivity index (χ0) is 24.4. The molecule has 0 aliphatic rings. The summed E-state index contributed by atoms with van der Waals surface area (Å²) in [6, 6.07) is 14.1. The van der Waals surface area contributed by atoms with Gasteiger partial charge in [0.2, 0.25) is 5.88 Å². The molecule has 3 aromatic heterocycles. The van der Waals surface area contributed by atoms with Gasteiger partial charge in [-0.25, -0.2) is 9.97 Å². The number of hydrogen-bond acceptors (Lipinski definition) is 7. The molecule has 10 nitrogen and oxygen atoms in total. The van der Waals surface area contributed by atoms with Gasteiger partial charge in [0.15, 0.2) is 5.82 Å². The molecule has 1 amide bonds. The topological polar surface area (TPSA) is 131 Å². The maximum absolute atomic E-state index is 12.7. The minimum atomic E-state index is -0.312. The summed E-state index contributed by atoms with van der Waals surface area (Å²) in [6.45, 7) is 2.71. The van der Waals surface area contributed by atoms with E-state index >= 15 is 0 Å². The van der Waals surface area contributed by atoms with Gasteiger partial charge in [-0.3, -0.25) is 4.79 Å². The maximum Gasteiger partial charge on any atom is 0.256 e. The Morgan fingerprint density at radius 1 is 1.17 bits per heavy atom. The first kappa shape index (κ1) is 22.1. The first-order valence-electron chi connectivity index (χ1n) is 11.1. The van der Waals surface area contributed by atoms with Gasteiger partial charge in [0.1, 0.15) is 11.6 Å². The smallest absolute Gasteiger partial charge is 0.256 e. The van der Waals surface area contributed by atoms with Crippen LogP contribution in [0.5, 0.6) is 11.6 Å². The quantitative estimate of drug-likeness (QED) is 0.325. The van der Waals surface area contributed by atoms with Crippen molar-refractivity contribution in [2.75, 3.05) is 12.4 Å². The number of amides is 1. The number of carbonyl (C=O) groups is 1. The van der Waals surface area contributed by atoms with Crippen molar-refractivity contribution in [1.29, 1.82) is 0 Å². The zero-order valence-corrected chi connectivity index (χ0v) is 19.2. The van der Waals surface area contributed by atoms with Crippen LogP contribution in [0.4, 0.5) is 5.82 Å². The van der Waals surface area contributed by atoms with Gasteiger partial charge in [0.25, 0.3) is 5.91 Å². The number of methoxy groups -OCH3 is 1. The molecule has 0 bridgehead atoms. The highest BCUT2D eigenvalue weighted by atomic mass is 16.5. The summed E-state index contributed by atoms with van der Waals surface area (Å²) >= 11 is 0. The van der Waals surface area contributed by atoms with Crippen molar-refractivity contribution in [3.63, 3.8) is 0 Å². The normalized spacial score (nSPS) is 11.0. The van der Waals surface area contributed by atoms with Crippen molar-refractivity contribution in [2.45, 2.75) is 19.9 Å². The van der Waals surface area contributed by atoms with Crippen LogP contribution in [0.1, 0.15) is 23.7 Å². The Morgan fingerprint density at radius 3 is 2.89 bits per heavy atom. The number of carbonyl (C=O) groups excluding carboxylic acids is 1.